The number of aryl methyl sites for hydroxylation is 1. The molecule has 1 heterocycles. The molecule has 0 unspecified atom stereocenters. The van der Waals surface area contributed by atoms with Gasteiger partial charge >= 0.3 is 0 Å². The highest BCUT2D eigenvalue weighted by Gasteiger charge is 2.25. The third-order valence-electron chi connectivity index (χ3n) is 3.74. The molecule has 1 aliphatic heterocycles. The molecule has 1 amide bonds. The van der Waals surface area contributed by atoms with E-state index < -0.39 is 5.82 Å². The van der Waals surface area contributed by atoms with Crippen molar-refractivity contribution in [2.45, 2.75) is 12.8 Å². The van der Waals surface area contributed by atoms with Crippen molar-refractivity contribution >= 4 is 17.3 Å². The number of nitrogens with two attached hydrogens (primary N) is 1. The van der Waals surface area contributed by atoms with Crippen LogP contribution in [0.4, 0.5) is 15.8 Å². The average molecular weight is 285 g/mol. The number of para-hydroxylation sites is 2. The largest absolute Gasteiger partial charge is 0.321 e. The summed E-state index contributed by atoms with van der Waals surface area (Å²) in [7, 11) is 0. The van der Waals surface area contributed by atoms with Crippen molar-refractivity contribution in [1.82, 2.24) is 0 Å². The Morgan fingerprint density at radius 3 is 2.81 bits per heavy atom. The minimum Gasteiger partial charge on any atom is -0.321 e. The van der Waals surface area contributed by atoms with Crippen LogP contribution in [0.3, 0.4) is 0 Å². The van der Waals surface area contributed by atoms with E-state index in [-0.39, 0.29) is 17.2 Å². The fraction of sp³-hybridized carbons (Fsp3) is 0.188. The lowest BCUT2D eigenvalue weighted by Crippen LogP contribution is -2.36. The number of halogens is 1. The first-order chi connectivity index (χ1) is 10.2. The Hall–Kier alpha value is -2.40. The predicted octanol–water partition coefficient (Wildman–Crippen LogP) is 2.70. The quantitative estimate of drug-likeness (QED) is 0.659. The predicted molar refractivity (Wildman–Crippen MR) is 80.6 cm³/mol. The van der Waals surface area contributed by atoms with Crippen LogP contribution in [-0.2, 0) is 6.42 Å². The lowest BCUT2D eigenvalue weighted by atomic mass is 10.0. The van der Waals surface area contributed by atoms with Crippen LogP contribution in [0.25, 0.3) is 0 Å². The number of carbonyl (C=O) groups excluding carboxylic acids is 1. The summed E-state index contributed by atoms with van der Waals surface area (Å²) in [4.78, 5) is 14.4. The van der Waals surface area contributed by atoms with Gasteiger partial charge in [0.1, 0.15) is 5.82 Å². The average Bonchev–Trinajstić information content (AvgIpc) is 2.53. The molecule has 2 aromatic carbocycles. The van der Waals surface area contributed by atoms with Crippen LogP contribution in [-0.4, -0.2) is 12.5 Å². The van der Waals surface area contributed by atoms with Crippen LogP contribution in [0.5, 0.6) is 0 Å². The Balaban J connectivity index is 2.03. The van der Waals surface area contributed by atoms with E-state index in [2.05, 4.69) is 5.43 Å². The molecule has 0 saturated carbocycles. The summed E-state index contributed by atoms with van der Waals surface area (Å²) in [6, 6.07) is 12.2. The van der Waals surface area contributed by atoms with E-state index in [0.29, 0.717) is 6.54 Å². The van der Waals surface area contributed by atoms with Gasteiger partial charge in [0.15, 0.2) is 0 Å². The van der Waals surface area contributed by atoms with Gasteiger partial charge in [-0.1, -0.05) is 24.3 Å². The zero-order valence-corrected chi connectivity index (χ0v) is 11.5. The minimum atomic E-state index is -0.534. The van der Waals surface area contributed by atoms with E-state index in [1.54, 1.807) is 11.0 Å². The van der Waals surface area contributed by atoms with Crippen LogP contribution >= 0.6 is 0 Å². The Bertz CT molecular complexity index is 687. The maximum Gasteiger partial charge on any atom is 0.260 e. The van der Waals surface area contributed by atoms with Crippen molar-refractivity contribution in [2.24, 2.45) is 5.84 Å². The van der Waals surface area contributed by atoms with Gasteiger partial charge in [-0.2, -0.15) is 0 Å². The summed E-state index contributed by atoms with van der Waals surface area (Å²) in [5, 5.41) is 0. The molecule has 0 aliphatic carbocycles. The van der Waals surface area contributed by atoms with Crippen molar-refractivity contribution in [1.29, 1.82) is 0 Å². The highest BCUT2D eigenvalue weighted by atomic mass is 19.1. The Morgan fingerprint density at radius 1 is 1.19 bits per heavy atom. The first-order valence-electron chi connectivity index (χ1n) is 6.87. The van der Waals surface area contributed by atoms with E-state index in [1.807, 2.05) is 24.3 Å². The summed E-state index contributed by atoms with van der Waals surface area (Å²) in [6.45, 7) is 0.621. The molecule has 0 aromatic heterocycles. The van der Waals surface area contributed by atoms with Crippen molar-refractivity contribution in [3.05, 3.63) is 59.4 Å². The minimum absolute atomic E-state index is 0.0329. The summed E-state index contributed by atoms with van der Waals surface area (Å²) in [6.07, 6.45) is 1.84. The highest BCUT2D eigenvalue weighted by Crippen LogP contribution is 2.30. The fourth-order valence-corrected chi connectivity index (χ4v) is 2.74. The van der Waals surface area contributed by atoms with Gasteiger partial charge < -0.3 is 10.3 Å². The van der Waals surface area contributed by atoms with Crippen molar-refractivity contribution < 1.29 is 9.18 Å². The van der Waals surface area contributed by atoms with Crippen LogP contribution in [0.2, 0.25) is 0 Å². The molecular weight excluding hydrogens is 269 g/mol. The first-order valence-corrected chi connectivity index (χ1v) is 6.87. The third kappa shape index (κ3) is 2.36. The number of rotatable bonds is 2. The molecule has 4 nitrogen and oxygen atoms in total. The molecular formula is C16H16FN3O. The molecule has 0 atom stereocenters. The molecule has 3 rings (SSSR count). The molecule has 5 heteroatoms. The summed E-state index contributed by atoms with van der Waals surface area (Å²) < 4.78 is 13.8. The van der Waals surface area contributed by atoms with Crippen LogP contribution in [0.15, 0.2) is 42.5 Å². The molecule has 0 bridgehead atoms. The highest BCUT2D eigenvalue weighted by molar-refractivity contribution is 6.10. The van der Waals surface area contributed by atoms with Gasteiger partial charge in [0, 0.05) is 12.2 Å². The van der Waals surface area contributed by atoms with E-state index in [1.165, 1.54) is 12.1 Å². The standard InChI is InChI=1S/C16H16FN3O/c17-13-8-3-7-12(15(13)19-18)16(21)20-10-4-6-11-5-1-2-9-14(11)20/h1-3,5,7-9,19H,4,6,10,18H2. The van der Waals surface area contributed by atoms with Gasteiger partial charge in [0.2, 0.25) is 0 Å². The lowest BCUT2D eigenvalue weighted by Gasteiger charge is -2.30. The van der Waals surface area contributed by atoms with Gasteiger partial charge in [-0.25, -0.2) is 4.39 Å². The maximum atomic E-state index is 13.8. The number of hydrazine groups is 1. The molecule has 0 saturated heterocycles. The lowest BCUT2D eigenvalue weighted by molar-refractivity contribution is 0.0985. The molecule has 0 fully saturated rings. The van der Waals surface area contributed by atoms with Crippen molar-refractivity contribution in [3.63, 3.8) is 0 Å². The van der Waals surface area contributed by atoms with E-state index in [0.717, 1.165) is 24.1 Å². The molecule has 108 valence electrons. The normalized spacial score (nSPS) is 13.7. The van der Waals surface area contributed by atoms with Crippen molar-refractivity contribution in [3.8, 4) is 0 Å². The molecule has 0 spiro atoms. The second-order valence-electron chi connectivity index (χ2n) is 5.00. The van der Waals surface area contributed by atoms with E-state index in [9.17, 15) is 9.18 Å². The number of amides is 1. The van der Waals surface area contributed by atoms with Crippen LogP contribution < -0.4 is 16.2 Å². The molecule has 0 radical (unpaired) electrons. The number of fused-ring (bicyclic) bond motifs is 1. The van der Waals surface area contributed by atoms with E-state index >= 15 is 0 Å². The van der Waals surface area contributed by atoms with Gasteiger partial charge in [-0.05, 0) is 36.6 Å². The van der Waals surface area contributed by atoms with Crippen LogP contribution in [0, 0.1) is 5.82 Å². The van der Waals surface area contributed by atoms with Gasteiger partial charge in [0.05, 0.1) is 11.3 Å². The van der Waals surface area contributed by atoms with Crippen molar-refractivity contribution in [2.75, 3.05) is 16.9 Å². The molecule has 21 heavy (non-hydrogen) atoms. The zero-order chi connectivity index (χ0) is 14.8. The summed E-state index contributed by atoms with van der Waals surface area (Å²) in [5.74, 6) is 4.58. The smallest absolute Gasteiger partial charge is 0.260 e. The van der Waals surface area contributed by atoms with E-state index in [4.69, 9.17) is 5.84 Å². The summed E-state index contributed by atoms with van der Waals surface area (Å²) >= 11 is 0. The second kappa shape index (κ2) is 5.54. The van der Waals surface area contributed by atoms with Gasteiger partial charge in [-0.3, -0.25) is 10.6 Å². The number of nitrogens with zero attached hydrogens (tertiary/aromatic N) is 1. The second-order valence-corrected chi connectivity index (χ2v) is 5.00. The number of carbonyl (C=O) groups is 1. The molecule has 1 aliphatic rings. The third-order valence-corrected chi connectivity index (χ3v) is 3.74. The summed E-state index contributed by atoms with van der Waals surface area (Å²) in [5.41, 5.74) is 4.59. The number of nitrogens with one attached hydrogen (secondary N) is 1. The monoisotopic (exact) mass is 285 g/mol. The molecule has 2 aromatic rings. The fourth-order valence-electron chi connectivity index (χ4n) is 2.74. The Labute approximate surface area is 122 Å². The van der Waals surface area contributed by atoms with Gasteiger partial charge in [0.25, 0.3) is 5.91 Å². The number of hydrogen-bond donors (Lipinski definition) is 2. The zero-order valence-electron chi connectivity index (χ0n) is 11.5. The number of anilines is 2. The SMILES string of the molecule is NNc1c(F)cccc1C(=O)N1CCCc2ccccc21. The van der Waals surface area contributed by atoms with Crippen LogP contribution in [0.1, 0.15) is 22.3 Å². The van der Waals surface area contributed by atoms with Gasteiger partial charge in [-0.15, -0.1) is 0 Å². The molecule has 3 N–H and O–H groups in total. The number of nitrogen functional groups attached to an aromatic ring is 1. The Morgan fingerprint density at radius 2 is 2.00 bits per heavy atom. The topological polar surface area (TPSA) is 58.4 Å². The Kier molecular flexibility index (Phi) is 3.58. The number of benzene rings is 2. The maximum absolute atomic E-state index is 13.8. The first kappa shape index (κ1) is 13.6. The number of hydrogen-bond acceptors (Lipinski definition) is 3.